The fourth-order valence-corrected chi connectivity index (χ4v) is 3.54. The number of aryl methyl sites for hydroxylation is 1. The Bertz CT molecular complexity index is 814. The van der Waals surface area contributed by atoms with Crippen LogP contribution in [0.3, 0.4) is 0 Å². The van der Waals surface area contributed by atoms with E-state index < -0.39 is 0 Å². The zero-order valence-electron chi connectivity index (χ0n) is 17.5. The van der Waals surface area contributed by atoms with E-state index in [2.05, 4.69) is 53.8 Å². The van der Waals surface area contributed by atoms with Gasteiger partial charge in [-0.2, -0.15) is 0 Å². The van der Waals surface area contributed by atoms with Crippen LogP contribution in [0.15, 0.2) is 30.5 Å². The zero-order valence-corrected chi connectivity index (χ0v) is 17.5. The van der Waals surface area contributed by atoms with E-state index >= 15 is 0 Å². The predicted molar refractivity (Wildman–Crippen MR) is 114 cm³/mol. The van der Waals surface area contributed by atoms with Crippen molar-refractivity contribution in [2.75, 3.05) is 49.6 Å². The van der Waals surface area contributed by atoms with Gasteiger partial charge in [0.15, 0.2) is 0 Å². The number of amides is 1. The average molecular weight is 382 g/mol. The third kappa shape index (κ3) is 4.43. The highest BCUT2D eigenvalue weighted by atomic mass is 16.2. The van der Waals surface area contributed by atoms with Crippen molar-refractivity contribution in [2.24, 2.45) is 0 Å². The van der Waals surface area contributed by atoms with Gasteiger partial charge in [0, 0.05) is 51.7 Å². The molecule has 1 aromatic carbocycles. The van der Waals surface area contributed by atoms with Crippen LogP contribution in [-0.2, 0) is 0 Å². The third-order valence-electron chi connectivity index (χ3n) is 5.53. The highest BCUT2D eigenvalue weighted by Crippen LogP contribution is 2.24. The standard InChI is InChI=1S/C22H31N5O/c1-5-6-12-25(4)22-23-11-10-19(24-22)21(28)27-15-13-26(14-16-27)20-9-7-8-17(2)18(20)3/h7-11H,5-6,12-16H2,1-4H3. The summed E-state index contributed by atoms with van der Waals surface area (Å²) in [6.07, 6.45) is 3.89. The van der Waals surface area contributed by atoms with Gasteiger partial charge in [-0.15, -0.1) is 0 Å². The molecule has 1 fully saturated rings. The first-order valence-corrected chi connectivity index (χ1v) is 10.2. The van der Waals surface area contributed by atoms with Crippen LogP contribution in [0.25, 0.3) is 0 Å². The Balaban J connectivity index is 1.64. The van der Waals surface area contributed by atoms with Crippen LogP contribution in [0.4, 0.5) is 11.6 Å². The molecule has 0 bridgehead atoms. The molecule has 150 valence electrons. The third-order valence-corrected chi connectivity index (χ3v) is 5.53. The van der Waals surface area contributed by atoms with Crippen molar-refractivity contribution in [2.45, 2.75) is 33.6 Å². The number of rotatable bonds is 6. The number of unbranched alkanes of at least 4 members (excludes halogenated alkanes) is 1. The lowest BCUT2D eigenvalue weighted by Gasteiger charge is -2.37. The number of hydrogen-bond acceptors (Lipinski definition) is 5. The minimum Gasteiger partial charge on any atom is -0.368 e. The number of carbonyl (C=O) groups is 1. The largest absolute Gasteiger partial charge is 0.368 e. The van der Waals surface area contributed by atoms with Gasteiger partial charge in [0.2, 0.25) is 5.95 Å². The van der Waals surface area contributed by atoms with Crippen molar-refractivity contribution in [3.8, 4) is 0 Å². The second-order valence-corrected chi connectivity index (χ2v) is 7.52. The second-order valence-electron chi connectivity index (χ2n) is 7.52. The maximum atomic E-state index is 13.0. The summed E-state index contributed by atoms with van der Waals surface area (Å²) in [5, 5.41) is 0. The number of anilines is 2. The maximum absolute atomic E-state index is 13.0. The van der Waals surface area contributed by atoms with Gasteiger partial charge >= 0.3 is 0 Å². The molecule has 1 saturated heterocycles. The molecule has 1 aliphatic rings. The summed E-state index contributed by atoms with van der Waals surface area (Å²) in [5.74, 6) is 0.612. The van der Waals surface area contributed by atoms with Crippen molar-refractivity contribution in [1.29, 1.82) is 0 Å². The Hall–Kier alpha value is -2.63. The summed E-state index contributed by atoms with van der Waals surface area (Å²) in [6, 6.07) is 8.13. The monoisotopic (exact) mass is 381 g/mol. The van der Waals surface area contributed by atoms with E-state index in [1.807, 2.05) is 16.8 Å². The van der Waals surface area contributed by atoms with Crippen LogP contribution in [-0.4, -0.2) is 60.5 Å². The minimum absolute atomic E-state index is 0.00634. The molecule has 0 N–H and O–H groups in total. The molecule has 0 radical (unpaired) electrons. The molecule has 3 rings (SSSR count). The van der Waals surface area contributed by atoms with Crippen LogP contribution in [0, 0.1) is 13.8 Å². The maximum Gasteiger partial charge on any atom is 0.272 e. The zero-order chi connectivity index (χ0) is 20.1. The van der Waals surface area contributed by atoms with E-state index in [9.17, 15) is 4.79 Å². The summed E-state index contributed by atoms with van der Waals surface area (Å²) in [7, 11) is 1.97. The number of piperazine rings is 1. The van der Waals surface area contributed by atoms with Gasteiger partial charge < -0.3 is 14.7 Å². The molecule has 6 heteroatoms. The van der Waals surface area contributed by atoms with E-state index in [0.29, 0.717) is 24.7 Å². The Labute approximate surface area is 168 Å². The van der Waals surface area contributed by atoms with E-state index in [-0.39, 0.29) is 5.91 Å². The first-order valence-electron chi connectivity index (χ1n) is 10.2. The van der Waals surface area contributed by atoms with Crippen LogP contribution in [0.5, 0.6) is 0 Å². The van der Waals surface area contributed by atoms with E-state index in [0.717, 1.165) is 32.5 Å². The van der Waals surface area contributed by atoms with Gasteiger partial charge in [-0.25, -0.2) is 9.97 Å². The molecule has 2 aromatic rings. The number of carbonyl (C=O) groups excluding carboxylic acids is 1. The molecule has 0 unspecified atom stereocenters. The highest BCUT2D eigenvalue weighted by Gasteiger charge is 2.24. The quantitative estimate of drug-likeness (QED) is 0.768. The summed E-state index contributed by atoms with van der Waals surface area (Å²) < 4.78 is 0. The van der Waals surface area contributed by atoms with Gasteiger partial charge in [0.25, 0.3) is 5.91 Å². The van der Waals surface area contributed by atoms with Crippen molar-refractivity contribution in [3.63, 3.8) is 0 Å². The lowest BCUT2D eigenvalue weighted by molar-refractivity contribution is 0.0740. The summed E-state index contributed by atoms with van der Waals surface area (Å²) in [4.78, 5) is 28.1. The Morgan fingerprint density at radius 2 is 1.89 bits per heavy atom. The molecule has 1 aromatic heterocycles. The Kier molecular flexibility index (Phi) is 6.49. The fraction of sp³-hybridized carbons (Fsp3) is 0.500. The second kappa shape index (κ2) is 9.04. The van der Waals surface area contributed by atoms with Gasteiger partial charge in [-0.3, -0.25) is 4.79 Å². The molecular formula is C22H31N5O. The summed E-state index contributed by atoms with van der Waals surface area (Å²) >= 11 is 0. The number of nitrogens with zero attached hydrogens (tertiary/aromatic N) is 5. The average Bonchev–Trinajstić information content (AvgIpc) is 2.73. The van der Waals surface area contributed by atoms with E-state index in [1.54, 1.807) is 12.3 Å². The lowest BCUT2D eigenvalue weighted by atomic mass is 10.1. The topological polar surface area (TPSA) is 52.6 Å². The van der Waals surface area contributed by atoms with Crippen LogP contribution in [0.1, 0.15) is 41.4 Å². The smallest absolute Gasteiger partial charge is 0.272 e. The van der Waals surface area contributed by atoms with Crippen LogP contribution >= 0.6 is 0 Å². The molecule has 0 aliphatic carbocycles. The van der Waals surface area contributed by atoms with Gasteiger partial charge in [0.05, 0.1) is 0 Å². The molecule has 6 nitrogen and oxygen atoms in total. The number of hydrogen-bond donors (Lipinski definition) is 0. The summed E-state index contributed by atoms with van der Waals surface area (Å²) in [5.41, 5.74) is 4.37. The molecule has 0 saturated carbocycles. The SMILES string of the molecule is CCCCN(C)c1nccc(C(=O)N2CCN(c3cccc(C)c3C)CC2)n1. The van der Waals surface area contributed by atoms with Crippen LogP contribution < -0.4 is 9.80 Å². The van der Waals surface area contributed by atoms with E-state index in [4.69, 9.17) is 0 Å². The van der Waals surface area contributed by atoms with Crippen molar-refractivity contribution in [3.05, 3.63) is 47.3 Å². The van der Waals surface area contributed by atoms with Gasteiger partial charge in [-0.1, -0.05) is 25.5 Å². The molecule has 28 heavy (non-hydrogen) atoms. The van der Waals surface area contributed by atoms with Crippen LogP contribution in [0.2, 0.25) is 0 Å². The highest BCUT2D eigenvalue weighted by molar-refractivity contribution is 5.92. The first kappa shape index (κ1) is 20.1. The fourth-order valence-electron chi connectivity index (χ4n) is 3.54. The minimum atomic E-state index is -0.00634. The van der Waals surface area contributed by atoms with Crippen molar-refractivity contribution < 1.29 is 4.79 Å². The Morgan fingerprint density at radius 1 is 1.14 bits per heavy atom. The summed E-state index contributed by atoms with van der Waals surface area (Å²) in [6.45, 7) is 10.4. The lowest BCUT2D eigenvalue weighted by Crippen LogP contribution is -2.49. The first-order chi connectivity index (χ1) is 13.5. The normalized spacial score (nSPS) is 14.3. The van der Waals surface area contributed by atoms with Crippen molar-refractivity contribution >= 4 is 17.5 Å². The van der Waals surface area contributed by atoms with Gasteiger partial charge in [0.1, 0.15) is 5.69 Å². The molecule has 1 aliphatic heterocycles. The van der Waals surface area contributed by atoms with E-state index in [1.165, 1.54) is 16.8 Å². The number of aromatic nitrogens is 2. The molecule has 2 heterocycles. The predicted octanol–water partition coefficient (Wildman–Crippen LogP) is 3.29. The molecule has 0 atom stereocenters. The van der Waals surface area contributed by atoms with Gasteiger partial charge in [-0.05, 0) is 43.5 Å². The molecule has 0 spiro atoms. The molecular weight excluding hydrogens is 350 g/mol. The Morgan fingerprint density at radius 3 is 2.61 bits per heavy atom. The van der Waals surface area contributed by atoms with Crippen molar-refractivity contribution in [1.82, 2.24) is 14.9 Å². The molecule has 1 amide bonds. The number of benzene rings is 1.